The van der Waals surface area contributed by atoms with Crippen LogP contribution in [-0.2, 0) is 0 Å². The van der Waals surface area contributed by atoms with Crippen LogP contribution in [0.4, 0.5) is 8.78 Å². The molecule has 2 aromatic rings. The van der Waals surface area contributed by atoms with Gasteiger partial charge in [0, 0.05) is 19.0 Å². The van der Waals surface area contributed by atoms with Gasteiger partial charge in [0.15, 0.2) is 11.6 Å². The molecule has 1 aromatic heterocycles. The third-order valence-corrected chi connectivity index (χ3v) is 5.38. The van der Waals surface area contributed by atoms with Crippen LogP contribution in [0.3, 0.4) is 0 Å². The quantitative estimate of drug-likeness (QED) is 0.918. The number of likely N-dealkylation sites (tertiary alicyclic amines) is 1. The van der Waals surface area contributed by atoms with Gasteiger partial charge in [0.2, 0.25) is 5.76 Å². The average molecular weight is 334 g/mol. The Hall–Kier alpha value is -2.44. The van der Waals surface area contributed by atoms with Gasteiger partial charge in [-0.05, 0) is 29.9 Å². The van der Waals surface area contributed by atoms with E-state index in [-0.39, 0.29) is 23.6 Å². The summed E-state index contributed by atoms with van der Waals surface area (Å²) in [6, 6.07) is 5.29. The molecule has 7 heteroatoms. The molecular formula is C17H16F2N2O3. The van der Waals surface area contributed by atoms with E-state index in [1.54, 1.807) is 11.0 Å². The fourth-order valence-electron chi connectivity index (χ4n) is 4.02. The molecular weight excluding hydrogens is 318 g/mol. The third-order valence-electron chi connectivity index (χ3n) is 5.38. The van der Waals surface area contributed by atoms with Crippen LogP contribution in [0.25, 0.3) is 0 Å². The van der Waals surface area contributed by atoms with E-state index in [1.807, 2.05) is 0 Å². The van der Waals surface area contributed by atoms with Gasteiger partial charge in [-0.25, -0.2) is 8.78 Å². The molecule has 5 nitrogen and oxygen atoms in total. The normalized spacial score (nSPS) is 21.9. The standard InChI is InChI=1S/C17H16F2N2O3/c18-12-4-1-3-10(15(12)19)11-8-21(9-17(11)5-2-6-17)16(23)13-7-14(22)20-24-13/h1,3-4,7,11H,2,5-6,8-9H2,(H,20,22)/t11-/m1/s1. The van der Waals surface area contributed by atoms with Crippen molar-refractivity contribution in [2.24, 2.45) is 5.41 Å². The summed E-state index contributed by atoms with van der Waals surface area (Å²) < 4.78 is 32.8. The number of benzene rings is 1. The SMILES string of the molecule is O=C(c1cc(=O)[nH]o1)N1C[C@H](c2cccc(F)c2F)C2(CCC2)C1. The average Bonchev–Trinajstić information content (AvgIpc) is 3.13. The Morgan fingerprint density at radius 2 is 2.12 bits per heavy atom. The number of rotatable bonds is 2. The summed E-state index contributed by atoms with van der Waals surface area (Å²) in [6.45, 7) is 0.745. The first-order valence-corrected chi connectivity index (χ1v) is 7.92. The van der Waals surface area contributed by atoms with Crippen LogP contribution >= 0.6 is 0 Å². The zero-order chi connectivity index (χ0) is 16.9. The molecule has 126 valence electrons. The van der Waals surface area contributed by atoms with Crippen molar-refractivity contribution < 1.29 is 18.1 Å². The zero-order valence-electron chi connectivity index (χ0n) is 12.9. The minimum Gasteiger partial charge on any atom is -0.373 e. The van der Waals surface area contributed by atoms with E-state index in [2.05, 4.69) is 5.16 Å². The second-order valence-electron chi connectivity index (χ2n) is 6.67. The van der Waals surface area contributed by atoms with Crippen LogP contribution < -0.4 is 5.56 Å². The van der Waals surface area contributed by atoms with Crippen molar-refractivity contribution in [2.45, 2.75) is 25.2 Å². The van der Waals surface area contributed by atoms with Crippen LogP contribution in [0.15, 0.2) is 33.6 Å². The van der Waals surface area contributed by atoms with Gasteiger partial charge in [-0.1, -0.05) is 18.6 Å². The third kappa shape index (κ3) is 2.18. The lowest BCUT2D eigenvalue weighted by atomic mass is 9.61. The van der Waals surface area contributed by atoms with Crippen LogP contribution in [0.2, 0.25) is 0 Å². The number of carbonyl (C=O) groups is 1. The molecule has 4 rings (SSSR count). The van der Waals surface area contributed by atoms with E-state index in [1.165, 1.54) is 6.07 Å². The number of carbonyl (C=O) groups excluding carboxylic acids is 1. The number of hydrogen-bond acceptors (Lipinski definition) is 3. The summed E-state index contributed by atoms with van der Waals surface area (Å²) in [6.07, 6.45) is 2.75. The number of nitrogens with one attached hydrogen (secondary N) is 1. The molecule has 0 bridgehead atoms. The predicted molar refractivity (Wildman–Crippen MR) is 80.6 cm³/mol. The van der Waals surface area contributed by atoms with Crippen molar-refractivity contribution in [3.05, 3.63) is 57.6 Å². The molecule has 1 N–H and O–H groups in total. The van der Waals surface area contributed by atoms with Crippen LogP contribution in [-0.4, -0.2) is 29.1 Å². The largest absolute Gasteiger partial charge is 0.373 e. The summed E-state index contributed by atoms with van der Waals surface area (Å²) >= 11 is 0. The highest BCUT2D eigenvalue weighted by atomic mass is 19.2. The molecule has 1 amide bonds. The zero-order valence-corrected chi connectivity index (χ0v) is 12.9. The fourth-order valence-corrected chi connectivity index (χ4v) is 4.02. The monoisotopic (exact) mass is 334 g/mol. The van der Waals surface area contributed by atoms with Gasteiger partial charge < -0.3 is 9.42 Å². The number of halogens is 2. The van der Waals surface area contributed by atoms with E-state index in [4.69, 9.17) is 4.52 Å². The van der Waals surface area contributed by atoms with E-state index < -0.39 is 23.1 Å². The number of H-pyrrole nitrogens is 1. The van der Waals surface area contributed by atoms with E-state index >= 15 is 0 Å². The van der Waals surface area contributed by atoms with Gasteiger partial charge >= 0.3 is 0 Å². The second-order valence-corrected chi connectivity index (χ2v) is 6.67. The first-order valence-electron chi connectivity index (χ1n) is 7.92. The Bertz CT molecular complexity index is 854. The van der Waals surface area contributed by atoms with E-state index in [0.717, 1.165) is 31.4 Å². The van der Waals surface area contributed by atoms with Crippen LogP contribution in [0.5, 0.6) is 0 Å². The lowest BCUT2D eigenvalue weighted by molar-refractivity contribution is 0.0686. The number of nitrogens with zero attached hydrogens (tertiary/aromatic N) is 1. The van der Waals surface area contributed by atoms with Gasteiger partial charge in [0.1, 0.15) is 0 Å². The molecule has 2 fully saturated rings. The van der Waals surface area contributed by atoms with Crippen molar-refractivity contribution >= 4 is 5.91 Å². The number of aromatic amines is 1. The highest BCUT2D eigenvalue weighted by molar-refractivity contribution is 5.91. The molecule has 1 saturated carbocycles. The van der Waals surface area contributed by atoms with Gasteiger partial charge in [0.25, 0.3) is 11.5 Å². The Labute approximate surface area is 136 Å². The molecule has 1 aromatic carbocycles. The molecule has 1 aliphatic heterocycles. The first-order chi connectivity index (χ1) is 11.5. The lowest BCUT2D eigenvalue weighted by Crippen LogP contribution is -2.38. The molecule has 1 aliphatic carbocycles. The summed E-state index contributed by atoms with van der Waals surface area (Å²) in [7, 11) is 0. The highest BCUT2D eigenvalue weighted by Crippen LogP contribution is 2.56. The maximum atomic E-state index is 14.3. The lowest BCUT2D eigenvalue weighted by Gasteiger charge is -2.43. The summed E-state index contributed by atoms with van der Waals surface area (Å²) in [5.74, 6) is -2.43. The highest BCUT2D eigenvalue weighted by Gasteiger charge is 2.53. The smallest absolute Gasteiger partial charge is 0.292 e. The van der Waals surface area contributed by atoms with Crippen molar-refractivity contribution in [1.82, 2.24) is 10.1 Å². The Kier molecular flexibility index (Phi) is 3.33. The first kappa shape index (κ1) is 15.1. The molecule has 1 atom stereocenters. The summed E-state index contributed by atoms with van der Waals surface area (Å²) in [5, 5.41) is 2.09. The van der Waals surface area contributed by atoms with Crippen molar-refractivity contribution in [1.29, 1.82) is 0 Å². The molecule has 1 spiro atoms. The van der Waals surface area contributed by atoms with Crippen molar-refractivity contribution in [3.8, 4) is 0 Å². The molecule has 0 unspecified atom stereocenters. The number of amides is 1. The minimum atomic E-state index is -0.872. The summed E-state index contributed by atoms with van der Waals surface area (Å²) in [4.78, 5) is 25.3. The number of aromatic nitrogens is 1. The Morgan fingerprint density at radius 3 is 2.75 bits per heavy atom. The molecule has 0 radical (unpaired) electrons. The molecule has 1 saturated heterocycles. The topological polar surface area (TPSA) is 66.3 Å². The number of hydrogen-bond donors (Lipinski definition) is 1. The maximum absolute atomic E-state index is 14.3. The van der Waals surface area contributed by atoms with Crippen molar-refractivity contribution in [3.63, 3.8) is 0 Å². The van der Waals surface area contributed by atoms with E-state index in [0.29, 0.717) is 12.1 Å². The van der Waals surface area contributed by atoms with E-state index in [9.17, 15) is 18.4 Å². The van der Waals surface area contributed by atoms with Gasteiger partial charge in [-0.15, -0.1) is 0 Å². The molecule has 24 heavy (non-hydrogen) atoms. The van der Waals surface area contributed by atoms with Gasteiger partial charge in [-0.3, -0.25) is 9.59 Å². The fraction of sp³-hybridized carbons (Fsp3) is 0.412. The van der Waals surface area contributed by atoms with Crippen molar-refractivity contribution in [2.75, 3.05) is 13.1 Å². The second kappa shape index (κ2) is 5.29. The minimum absolute atomic E-state index is 0.0603. The molecule has 2 heterocycles. The van der Waals surface area contributed by atoms with Gasteiger partial charge in [-0.2, -0.15) is 5.16 Å². The molecule has 2 aliphatic rings. The Morgan fingerprint density at radius 1 is 1.33 bits per heavy atom. The van der Waals surface area contributed by atoms with Gasteiger partial charge in [0.05, 0.1) is 6.07 Å². The summed E-state index contributed by atoms with van der Waals surface area (Å²) in [5.41, 5.74) is -0.384. The van der Waals surface area contributed by atoms with Crippen LogP contribution in [0.1, 0.15) is 41.3 Å². The Balaban J connectivity index is 1.67. The van der Waals surface area contributed by atoms with Crippen LogP contribution in [0, 0.1) is 17.0 Å². The predicted octanol–water partition coefficient (Wildman–Crippen LogP) is 2.66. The maximum Gasteiger partial charge on any atom is 0.292 e.